The molecule has 0 aliphatic carbocycles. The number of aliphatic hydroxyl groups is 3. The van der Waals surface area contributed by atoms with Gasteiger partial charge in [0.25, 0.3) is 0 Å². The number of amides is 1. The van der Waals surface area contributed by atoms with E-state index >= 15 is 0 Å². The fourth-order valence-corrected chi connectivity index (χ4v) is 3.16. The molecule has 1 aliphatic heterocycles. The van der Waals surface area contributed by atoms with Crippen molar-refractivity contribution in [2.75, 3.05) is 6.54 Å². The standard InChI is InChI=1S/C18H24N4O8.Na/c1-10(23)21-14-12(24)7-18(17(27)28,29-9-11-5-3-2-4-6-11)30-16(14)15(26)13(25)8-20-22-19;/h2-6,12-16,24-26H,7-9H2,1H3,(H,21,23)(H,27,28);/q;+1/p-1/t12-,13+,14+,15-,16+,18+;/m0./s1. The van der Waals surface area contributed by atoms with Gasteiger partial charge in [-0.2, -0.15) is 0 Å². The first-order valence-electron chi connectivity index (χ1n) is 9.09. The maximum atomic E-state index is 11.9. The Morgan fingerprint density at radius 1 is 1.42 bits per heavy atom. The van der Waals surface area contributed by atoms with Crippen molar-refractivity contribution in [1.82, 2.24) is 5.32 Å². The van der Waals surface area contributed by atoms with Gasteiger partial charge in [-0.15, -0.1) is 0 Å². The molecule has 164 valence electrons. The number of nitrogens with one attached hydrogen (secondary N) is 1. The van der Waals surface area contributed by atoms with Gasteiger partial charge in [-0.25, -0.2) is 0 Å². The number of hydrogen-bond acceptors (Lipinski definition) is 9. The summed E-state index contributed by atoms with van der Waals surface area (Å²) in [5, 5.41) is 48.5. The molecule has 0 bridgehead atoms. The molecule has 1 aliphatic rings. The van der Waals surface area contributed by atoms with Gasteiger partial charge in [0.15, 0.2) is 0 Å². The Balaban J connectivity index is 0.00000480. The van der Waals surface area contributed by atoms with Gasteiger partial charge in [0.05, 0.1) is 31.4 Å². The molecule has 0 aromatic heterocycles. The van der Waals surface area contributed by atoms with E-state index in [-0.39, 0.29) is 36.2 Å². The molecule has 12 nitrogen and oxygen atoms in total. The quantitative estimate of drug-likeness (QED) is 0.126. The predicted molar refractivity (Wildman–Crippen MR) is 98.1 cm³/mol. The van der Waals surface area contributed by atoms with Crippen molar-refractivity contribution < 1.29 is 69.0 Å². The molecule has 4 N–H and O–H groups in total. The second-order valence-corrected chi connectivity index (χ2v) is 6.87. The maximum absolute atomic E-state index is 11.9. The molecular weight excluding hydrogens is 423 g/mol. The van der Waals surface area contributed by atoms with Crippen molar-refractivity contribution in [3.05, 3.63) is 46.3 Å². The summed E-state index contributed by atoms with van der Waals surface area (Å²) in [6.45, 7) is 0.388. The zero-order valence-electron chi connectivity index (χ0n) is 17.1. The average molecular weight is 446 g/mol. The molecule has 13 heteroatoms. The van der Waals surface area contributed by atoms with Crippen LogP contribution in [0, 0.1) is 0 Å². The van der Waals surface area contributed by atoms with E-state index in [2.05, 4.69) is 15.3 Å². The molecule has 1 amide bonds. The van der Waals surface area contributed by atoms with Gasteiger partial charge >= 0.3 is 29.6 Å². The van der Waals surface area contributed by atoms with Gasteiger partial charge in [-0.3, -0.25) is 4.79 Å². The third-order valence-electron chi connectivity index (χ3n) is 4.63. The monoisotopic (exact) mass is 446 g/mol. The SMILES string of the molecule is CC(=O)N[C@H]1[C@H]([C@@H](O)[C@H](O)CN=[N+]=[N-])O[C@@](OCc2ccccc2)(C(=O)[O-])C[C@@H]1O.[Na+]. The van der Waals surface area contributed by atoms with Gasteiger partial charge in [-0.1, -0.05) is 35.4 Å². The van der Waals surface area contributed by atoms with Crippen molar-refractivity contribution in [3.63, 3.8) is 0 Å². The summed E-state index contributed by atoms with van der Waals surface area (Å²) < 4.78 is 11.0. The first kappa shape index (κ1) is 27.3. The molecule has 1 aromatic rings. The van der Waals surface area contributed by atoms with Gasteiger partial charge < -0.3 is 40.0 Å². The number of carbonyl (C=O) groups is 2. The Morgan fingerprint density at radius 2 is 2.06 bits per heavy atom. The number of carbonyl (C=O) groups excluding carboxylic acids is 2. The number of hydrogen-bond donors (Lipinski definition) is 4. The van der Waals surface area contributed by atoms with Crippen molar-refractivity contribution in [1.29, 1.82) is 0 Å². The van der Waals surface area contributed by atoms with Crippen LogP contribution >= 0.6 is 0 Å². The summed E-state index contributed by atoms with van der Waals surface area (Å²) in [6, 6.07) is 7.27. The number of aliphatic hydroxyl groups excluding tert-OH is 3. The summed E-state index contributed by atoms with van der Waals surface area (Å²) in [7, 11) is 0. The molecule has 1 heterocycles. The molecule has 0 unspecified atom stereocenters. The van der Waals surface area contributed by atoms with E-state index < -0.39 is 61.1 Å². The van der Waals surface area contributed by atoms with Crippen molar-refractivity contribution in [2.45, 2.75) is 56.2 Å². The number of rotatable bonds is 9. The van der Waals surface area contributed by atoms with E-state index in [9.17, 15) is 30.0 Å². The number of benzene rings is 1. The van der Waals surface area contributed by atoms with Crippen molar-refractivity contribution >= 4 is 11.9 Å². The van der Waals surface area contributed by atoms with E-state index in [4.69, 9.17) is 15.0 Å². The van der Waals surface area contributed by atoms with Gasteiger partial charge in [0.2, 0.25) is 11.7 Å². The zero-order valence-corrected chi connectivity index (χ0v) is 19.1. The van der Waals surface area contributed by atoms with Crippen LogP contribution in [-0.4, -0.2) is 70.0 Å². The van der Waals surface area contributed by atoms with E-state index in [0.717, 1.165) is 6.92 Å². The molecule has 1 saturated heterocycles. The van der Waals surface area contributed by atoms with E-state index in [1.54, 1.807) is 30.3 Å². The second-order valence-electron chi connectivity index (χ2n) is 6.87. The minimum absolute atomic E-state index is 0. The van der Waals surface area contributed by atoms with Crippen molar-refractivity contribution in [2.24, 2.45) is 5.11 Å². The molecule has 6 atom stereocenters. The van der Waals surface area contributed by atoms with Gasteiger partial charge in [0, 0.05) is 18.3 Å². The zero-order chi connectivity index (χ0) is 22.3. The normalized spacial score (nSPS) is 27.2. The number of carboxylic acid groups (broad SMARTS) is 1. The largest absolute Gasteiger partial charge is 1.00 e. The van der Waals surface area contributed by atoms with Gasteiger partial charge in [0.1, 0.15) is 18.2 Å². The Labute approximate surface area is 200 Å². The Bertz CT molecular complexity index is 794. The molecule has 1 fully saturated rings. The number of carboxylic acids is 1. The Hall–Kier alpha value is -1.73. The summed E-state index contributed by atoms with van der Waals surface area (Å²) in [5.74, 6) is -4.86. The first-order chi connectivity index (χ1) is 14.2. The number of nitrogens with zero attached hydrogens (tertiary/aromatic N) is 3. The molecule has 2 rings (SSSR count). The van der Waals surface area contributed by atoms with E-state index in [1.165, 1.54) is 0 Å². The average Bonchev–Trinajstić information content (AvgIpc) is 2.72. The minimum Gasteiger partial charge on any atom is -0.544 e. The fraction of sp³-hybridized carbons (Fsp3) is 0.556. The van der Waals surface area contributed by atoms with Crippen LogP contribution in [0.4, 0.5) is 0 Å². The summed E-state index contributed by atoms with van der Waals surface area (Å²) in [6.07, 6.45) is -7.25. The third kappa shape index (κ3) is 7.14. The molecule has 0 saturated carbocycles. The van der Waals surface area contributed by atoms with Crippen LogP contribution < -0.4 is 40.0 Å². The van der Waals surface area contributed by atoms with Crippen LogP contribution in [-0.2, 0) is 25.7 Å². The molecular formula is C18H23N4NaO8. The predicted octanol–water partition coefficient (Wildman–Crippen LogP) is -4.66. The summed E-state index contributed by atoms with van der Waals surface area (Å²) in [5.41, 5.74) is 9.00. The topological polar surface area (TPSA) is 197 Å². The maximum Gasteiger partial charge on any atom is 1.00 e. The number of ether oxygens (including phenoxy) is 2. The van der Waals surface area contributed by atoms with Crippen molar-refractivity contribution in [3.8, 4) is 0 Å². The van der Waals surface area contributed by atoms with Crippen LogP contribution in [0.15, 0.2) is 35.4 Å². The number of azide groups is 1. The van der Waals surface area contributed by atoms with Crippen LogP contribution in [0.5, 0.6) is 0 Å². The fourth-order valence-electron chi connectivity index (χ4n) is 3.16. The summed E-state index contributed by atoms with van der Waals surface area (Å²) >= 11 is 0. The van der Waals surface area contributed by atoms with Crippen LogP contribution in [0.25, 0.3) is 10.4 Å². The third-order valence-corrected chi connectivity index (χ3v) is 4.63. The smallest absolute Gasteiger partial charge is 0.544 e. The molecule has 1 aromatic carbocycles. The number of aliphatic carboxylic acids is 1. The second kappa shape index (κ2) is 12.3. The van der Waals surface area contributed by atoms with E-state index in [1.807, 2.05) is 0 Å². The first-order valence-corrected chi connectivity index (χ1v) is 9.09. The summed E-state index contributed by atoms with van der Waals surface area (Å²) in [4.78, 5) is 25.9. The van der Waals surface area contributed by atoms with Crippen LogP contribution in [0.3, 0.4) is 0 Å². The Morgan fingerprint density at radius 3 is 2.61 bits per heavy atom. The minimum atomic E-state index is -2.46. The molecule has 31 heavy (non-hydrogen) atoms. The van der Waals surface area contributed by atoms with Crippen LogP contribution in [0.1, 0.15) is 18.9 Å². The molecule has 0 spiro atoms. The van der Waals surface area contributed by atoms with E-state index in [0.29, 0.717) is 5.56 Å². The Kier molecular flexibility index (Phi) is 10.9. The van der Waals surface area contributed by atoms with Crippen LogP contribution in [0.2, 0.25) is 0 Å². The molecule has 0 radical (unpaired) electrons. The van der Waals surface area contributed by atoms with Gasteiger partial charge in [-0.05, 0) is 11.1 Å².